The van der Waals surface area contributed by atoms with E-state index in [1.807, 2.05) is 0 Å². The van der Waals surface area contributed by atoms with Crippen LogP contribution in [0.4, 0.5) is 0 Å². The third kappa shape index (κ3) is 3.64. The van der Waals surface area contributed by atoms with E-state index in [-0.39, 0.29) is 24.6 Å². The number of hydrogen-bond acceptors (Lipinski definition) is 3. The van der Waals surface area contributed by atoms with Gasteiger partial charge in [0.15, 0.2) is 0 Å². The van der Waals surface area contributed by atoms with E-state index >= 15 is 0 Å². The molecule has 0 heterocycles. The van der Waals surface area contributed by atoms with Crippen LogP contribution in [-0.4, -0.2) is 37.5 Å². The molecule has 7 heteroatoms. The molecule has 0 spiro atoms. The van der Waals surface area contributed by atoms with Gasteiger partial charge < -0.3 is 5.11 Å². The molecule has 0 unspecified atom stereocenters. The van der Waals surface area contributed by atoms with Crippen LogP contribution in [0.3, 0.4) is 0 Å². The van der Waals surface area contributed by atoms with Crippen LogP contribution in [0.2, 0.25) is 0 Å². The fourth-order valence-electron chi connectivity index (χ4n) is 1.38. The Hall–Kier alpha value is -0.210. The first-order valence-electron chi connectivity index (χ1n) is 5.10. The van der Waals surface area contributed by atoms with Crippen LogP contribution in [0.5, 0.6) is 0 Å². The van der Waals surface area contributed by atoms with Crippen molar-refractivity contribution in [1.29, 1.82) is 0 Å². The van der Waals surface area contributed by atoms with Crippen LogP contribution in [0.15, 0.2) is 44.7 Å². The van der Waals surface area contributed by atoms with Gasteiger partial charge in [0.25, 0.3) is 0 Å². The Kier molecular flexibility index (Phi) is 6.00. The van der Waals surface area contributed by atoms with Crippen molar-refractivity contribution in [3.05, 3.63) is 39.8 Å². The molecular formula is C11H13Br2NO3S. The molecule has 0 aliphatic heterocycles. The van der Waals surface area contributed by atoms with Crippen molar-refractivity contribution >= 4 is 41.9 Å². The van der Waals surface area contributed by atoms with Gasteiger partial charge in [-0.25, -0.2) is 8.42 Å². The molecule has 0 fully saturated rings. The fourth-order valence-corrected chi connectivity index (χ4v) is 4.24. The second-order valence-corrected chi connectivity index (χ2v) is 7.13. The predicted molar refractivity (Wildman–Crippen MR) is 77.9 cm³/mol. The third-order valence-corrected chi connectivity index (χ3v) is 5.55. The summed E-state index contributed by atoms with van der Waals surface area (Å²) in [6.07, 6.45) is 1.49. The summed E-state index contributed by atoms with van der Waals surface area (Å²) >= 11 is 6.46. The molecule has 0 radical (unpaired) electrons. The second-order valence-electron chi connectivity index (χ2n) is 3.45. The number of aliphatic hydroxyl groups is 1. The molecule has 1 aromatic carbocycles. The zero-order valence-electron chi connectivity index (χ0n) is 9.51. The molecule has 1 rings (SSSR count). The van der Waals surface area contributed by atoms with Crippen molar-refractivity contribution in [3.8, 4) is 0 Å². The van der Waals surface area contributed by atoms with E-state index in [2.05, 4.69) is 38.4 Å². The topological polar surface area (TPSA) is 57.6 Å². The summed E-state index contributed by atoms with van der Waals surface area (Å²) < 4.78 is 27.1. The summed E-state index contributed by atoms with van der Waals surface area (Å²) in [4.78, 5) is 0.159. The van der Waals surface area contributed by atoms with Crippen LogP contribution in [0, 0.1) is 0 Å². The maximum Gasteiger partial charge on any atom is 0.244 e. The summed E-state index contributed by atoms with van der Waals surface area (Å²) in [5, 5.41) is 8.94. The molecule has 100 valence electrons. The molecule has 1 N–H and O–H groups in total. The van der Waals surface area contributed by atoms with Gasteiger partial charge in [0.2, 0.25) is 10.0 Å². The highest BCUT2D eigenvalue weighted by Crippen LogP contribution is 2.28. The number of nitrogens with zero attached hydrogens (tertiary/aromatic N) is 1. The highest BCUT2D eigenvalue weighted by atomic mass is 79.9. The minimum Gasteiger partial charge on any atom is -0.395 e. The Morgan fingerprint density at radius 3 is 2.61 bits per heavy atom. The number of rotatable bonds is 6. The van der Waals surface area contributed by atoms with Gasteiger partial charge in [0.05, 0.1) is 11.5 Å². The highest BCUT2D eigenvalue weighted by Gasteiger charge is 2.25. The zero-order chi connectivity index (χ0) is 13.8. The standard InChI is InChI=1S/C11H13Br2NO3S/c1-2-5-14(6-7-15)18(16,17)11-8-9(12)3-4-10(11)13/h2-4,8,15H,1,5-7H2. The average Bonchev–Trinajstić information content (AvgIpc) is 2.32. The van der Waals surface area contributed by atoms with E-state index < -0.39 is 10.0 Å². The number of benzene rings is 1. The highest BCUT2D eigenvalue weighted by molar-refractivity contribution is 9.11. The van der Waals surface area contributed by atoms with Crippen molar-refractivity contribution in [1.82, 2.24) is 4.31 Å². The Morgan fingerprint density at radius 1 is 1.39 bits per heavy atom. The van der Waals surface area contributed by atoms with Crippen molar-refractivity contribution in [2.45, 2.75) is 4.90 Å². The van der Waals surface area contributed by atoms with Gasteiger partial charge in [-0.3, -0.25) is 0 Å². The molecule has 0 atom stereocenters. The molecule has 1 aromatic rings. The average molecular weight is 399 g/mol. The molecule has 0 aliphatic carbocycles. The van der Waals surface area contributed by atoms with Gasteiger partial charge >= 0.3 is 0 Å². The smallest absolute Gasteiger partial charge is 0.244 e. The number of hydrogen-bond donors (Lipinski definition) is 1. The van der Waals surface area contributed by atoms with Crippen LogP contribution in [0.1, 0.15) is 0 Å². The molecular weight excluding hydrogens is 386 g/mol. The van der Waals surface area contributed by atoms with Crippen molar-refractivity contribution < 1.29 is 13.5 Å². The lowest BCUT2D eigenvalue weighted by molar-refractivity contribution is 0.260. The van der Waals surface area contributed by atoms with Gasteiger partial charge in [-0.2, -0.15) is 4.31 Å². The monoisotopic (exact) mass is 397 g/mol. The third-order valence-electron chi connectivity index (χ3n) is 2.19. The Morgan fingerprint density at radius 2 is 2.06 bits per heavy atom. The second kappa shape index (κ2) is 6.81. The van der Waals surface area contributed by atoms with Crippen molar-refractivity contribution in [2.75, 3.05) is 19.7 Å². The lowest BCUT2D eigenvalue weighted by atomic mass is 10.4. The summed E-state index contributed by atoms with van der Waals surface area (Å²) in [5.74, 6) is 0. The minimum absolute atomic E-state index is 0.0350. The SMILES string of the molecule is C=CCN(CCO)S(=O)(=O)c1cc(Br)ccc1Br. The summed E-state index contributed by atoms with van der Waals surface area (Å²) in [6.45, 7) is 3.47. The zero-order valence-corrected chi connectivity index (χ0v) is 13.5. The molecule has 4 nitrogen and oxygen atoms in total. The minimum atomic E-state index is -3.65. The largest absolute Gasteiger partial charge is 0.395 e. The van der Waals surface area contributed by atoms with E-state index in [4.69, 9.17) is 5.11 Å². The van der Waals surface area contributed by atoms with Crippen LogP contribution >= 0.6 is 31.9 Å². The van der Waals surface area contributed by atoms with E-state index in [0.29, 0.717) is 8.95 Å². The Balaban J connectivity index is 3.25. The van der Waals surface area contributed by atoms with Gasteiger partial charge in [-0.15, -0.1) is 6.58 Å². The van der Waals surface area contributed by atoms with Gasteiger partial charge in [-0.1, -0.05) is 22.0 Å². The van der Waals surface area contributed by atoms with Crippen molar-refractivity contribution in [2.24, 2.45) is 0 Å². The summed E-state index contributed by atoms with van der Waals surface area (Å²) in [5.41, 5.74) is 0. The molecule has 0 aliphatic rings. The molecule has 18 heavy (non-hydrogen) atoms. The predicted octanol–water partition coefficient (Wildman–Crippen LogP) is 2.38. The molecule has 0 saturated heterocycles. The molecule has 0 saturated carbocycles. The summed E-state index contributed by atoms with van der Waals surface area (Å²) in [7, 11) is -3.65. The van der Waals surface area contributed by atoms with Crippen LogP contribution < -0.4 is 0 Å². The molecule has 0 bridgehead atoms. The van der Waals surface area contributed by atoms with Crippen molar-refractivity contribution in [3.63, 3.8) is 0 Å². The van der Waals surface area contributed by atoms with Crippen LogP contribution in [-0.2, 0) is 10.0 Å². The van der Waals surface area contributed by atoms with E-state index in [9.17, 15) is 8.42 Å². The first kappa shape index (κ1) is 15.8. The quantitative estimate of drug-likeness (QED) is 0.748. The van der Waals surface area contributed by atoms with Crippen LogP contribution in [0.25, 0.3) is 0 Å². The summed E-state index contributed by atoms with van der Waals surface area (Å²) in [6, 6.07) is 4.92. The Bertz CT molecular complexity index is 531. The number of aliphatic hydroxyl groups excluding tert-OH is 1. The maximum absolute atomic E-state index is 12.4. The van der Waals surface area contributed by atoms with E-state index in [0.717, 1.165) is 0 Å². The van der Waals surface area contributed by atoms with E-state index in [1.54, 1.807) is 12.1 Å². The molecule has 0 aromatic heterocycles. The fraction of sp³-hybridized carbons (Fsp3) is 0.273. The first-order chi connectivity index (χ1) is 8.43. The first-order valence-corrected chi connectivity index (χ1v) is 8.13. The lowest BCUT2D eigenvalue weighted by Gasteiger charge is -2.20. The lowest BCUT2D eigenvalue weighted by Crippen LogP contribution is -2.34. The maximum atomic E-state index is 12.4. The van der Waals surface area contributed by atoms with E-state index in [1.165, 1.54) is 16.4 Å². The molecule has 0 amide bonds. The number of sulfonamides is 1. The van der Waals surface area contributed by atoms with Gasteiger partial charge in [0.1, 0.15) is 0 Å². The number of halogens is 2. The normalized spacial score (nSPS) is 11.8. The van der Waals surface area contributed by atoms with Gasteiger partial charge in [-0.05, 0) is 34.1 Å². The Labute approximate surface area is 124 Å². The van der Waals surface area contributed by atoms with Gasteiger partial charge in [0, 0.05) is 22.0 Å².